The van der Waals surface area contributed by atoms with Gasteiger partial charge in [0.2, 0.25) is 0 Å². The van der Waals surface area contributed by atoms with Crippen molar-refractivity contribution in [1.29, 1.82) is 0 Å². The highest BCUT2D eigenvalue weighted by Gasteiger charge is 2.10. The fourth-order valence-electron chi connectivity index (χ4n) is 1.09. The van der Waals surface area contributed by atoms with Gasteiger partial charge in [-0.25, -0.2) is 4.79 Å². The Hall–Kier alpha value is -1.35. The Labute approximate surface area is 96.3 Å². The predicted octanol–water partition coefficient (Wildman–Crippen LogP) is 3.30. The molecule has 0 aliphatic heterocycles. The molecule has 0 aliphatic carbocycles. The van der Waals surface area contributed by atoms with Crippen molar-refractivity contribution in [3.63, 3.8) is 0 Å². The van der Waals surface area contributed by atoms with Crippen molar-refractivity contribution in [1.82, 2.24) is 0 Å². The summed E-state index contributed by atoms with van der Waals surface area (Å²) < 4.78 is 0. The molecule has 0 atom stereocenters. The summed E-state index contributed by atoms with van der Waals surface area (Å²) in [7, 11) is 0. The maximum atomic E-state index is 11.5. The van der Waals surface area contributed by atoms with Crippen molar-refractivity contribution >= 4 is 5.97 Å². The Bertz CT molecular complexity index is 330. The Morgan fingerprint density at radius 1 is 1.12 bits per heavy atom. The highest BCUT2D eigenvalue weighted by atomic mass is 17.2. The van der Waals surface area contributed by atoms with E-state index in [4.69, 9.17) is 4.89 Å². The molecule has 0 aliphatic rings. The first kappa shape index (κ1) is 12.7. The van der Waals surface area contributed by atoms with Crippen LogP contribution in [0.3, 0.4) is 0 Å². The lowest BCUT2D eigenvalue weighted by Crippen LogP contribution is -2.08. The maximum absolute atomic E-state index is 11.5. The topological polar surface area (TPSA) is 35.5 Å². The number of benzene rings is 1. The van der Waals surface area contributed by atoms with E-state index in [1.807, 2.05) is 19.1 Å². The van der Waals surface area contributed by atoms with E-state index in [9.17, 15) is 4.79 Å². The molecule has 0 N–H and O–H groups in total. The lowest BCUT2D eigenvalue weighted by molar-refractivity contribution is -0.232. The average Bonchev–Trinajstić information content (AvgIpc) is 2.35. The van der Waals surface area contributed by atoms with E-state index in [1.165, 1.54) is 5.56 Å². The van der Waals surface area contributed by atoms with Gasteiger partial charge in [0.25, 0.3) is 0 Å². The van der Waals surface area contributed by atoms with Crippen LogP contribution in [0.4, 0.5) is 0 Å². The van der Waals surface area contributed by atoms with Crippen molar-refractivity contribution in [3.05, 3.63) is 41.5 Å². The normalized spacial score (nSPS) is 10.5. The third-order valence-corrected chi connectivity index (χ3v) is 2.36. The highest BCUT2D eigenvalue weighted by molar-refractivity contribution is 5.88. The van der Waals surface area contributed by atoms with Crippen LogP contribution in [0.15, 0.2) is 24.3 Å². The lowest BCUT2D eigenvalue weighted by Gasteiger charge is -2.07. The van der Waals surface area contributed by atoms with Gasteiger partial charge in [-0.2, -0.15) is 4.89 Å². The van der Waals surface area contributed by atoms with E-state index in [2.05, 4.69) is 11.8 Å². The smallest absolute Gasteiger partial charge is 0.292 e. The van der Waals surface area contributed by atoms with Gasteiger partial charge < -0.3 is 0 Å². The molecule has 0 saturated carbocycles. The van der Waals surface area contributed by atoms with Gasteiger partial charge in [-0.1, -0.05) is 26.0 Å². The first-order valence-electron chi connectivity index (χ1n) is 5.47. The molecule has 0 fully saturated rings. The van der Waals surface area contributed by atoms with E-state index in [1.54, 1.807) is 19.1 Å². The zero-order valence-electron chi connectivity index (χ0n) is 9.95. The summed E-state index contributed by atoms with van der Waals surface area (Å²) >= 11 is 0. The van der Waals surface area contributed by atoms with E-state index >= 15 is 0 Å². The van der Waals surface area contributed by atoms with Crippen LogP contribution in [-0.2, 0) is 16.2 Å². The Balaban J connectivity index is 2.52. The standard InChI is InChI=1S/C13H17O3/c1-4-10(3)15-16-13(14)12-8-6-11(5-2)7-9-12/h6-9H,4-5H2,1-3H3. The molecule has 87 valence electrons. The second kappa shape index (κ2) is 6.28. The van der Waals surface area contributed by atoms with Crippen molar-refractivity contribution in [2.75, 3.05) is 0 Å². The minimum atomic E-state index is -0.463. The van der Waals surface area contributed by atoms with Gasteiger partial charge >= 0.3 is 5.97 Å². The monoisotopic (exact) mass is 221 g/mol. The molecule has 1 rings (SSSR count). The second-order valence-electron chi connectivity index (χ2n) is 3.56. The Kier molecular flexibility index (Phi) is 4.99. The Morgan fingerprint density at radius 2 is 1.75 bits per heavy atom. The number of hydrogen-bond donors (Lipinski definition) is 0. The molecule has 1 aromatic rings. The van der Waals surface area contributed by atoms with Crippen LogP contribution in [-0.4, -0.2) is 5.97 Å². The molecule has 16 heavy (non-hydrogen) atoms. The second-order valence-corrected chi connectivity index (χ2v) is 3.56. The van der Waals surface area contributed by atoms with Gasteiger partial charge in [-0.05, 0) is 37.5 Å². The van der Waals surface area contributed by atoms with Crippen molar-refractivity contribution in [3.8, 4) is 0 Å². The van der Waals surface area contributed by atoms with Crippen molar-refractivity contribution in [2.24, 2.45) is 0 Å². The molecule has 1 aromatic carbocycles. The molecule has 1 radical (unpaired) electrons. The average molecular weight is 221 g/mol. The van der Waals surface area contributed by atoms with Gasteiger partial charge in [0.05, 0.1) is 5.56 Å². The van der Waals surface area contributed by atoms with E-state index in [0.717, 1.165) is 12.8 Å². The number of rotatable bonds is 5. The summed E-state index contributed by atoms with van der Waals surface area (Å²) in [5.41, 5.74) is 1.69. The van der Waals surface area contributed by atoms with Crippen LogP contribution < -0.4 is 0 Å². The van der Waals surface area contributed by atoms with Crippen molar-refractivity contribution in [2.45, 2.75) is 33.6 Å². The SMILES string of the molecule is CC[C](C)OOC(=O)c1ccc(CC)cc1. The molecule has 0 spiro atoms. The minimum absolute atomic E-state index is 0.463. The third kappa shape index (κ3) is 3.66. The van der Waals surface area contributed by atoms with Crippen LogP contribution in [0.5, 0.6) is 0 Å². The molecule has 3 heteroatoms. The molecule has 0 unspecified atom stereocenters. The quantitative estimate of drug-likeness (QED) is 0.565. The predicted molar refractivity (Wildman–Crippen MR) is 61.5 cm³/mol. The molecule has 3 nitrogen and oxygen atoms in total. The fourth-order valence-corrected chi connectivity index (χ4v) is 1.09. The summed E-state index contributed by atoms with van der Waals surface area (Å²) in [6.07, 6.45) is 2.36. The van der Waals surface area contributed by atoms with Gasteiger partial charge in [0.15, 0.2) is 0 Å². The fraction of sp³-hybridized carbons (Fsp3) is 0.385. The highest BCUT2D eigenvalue weighted by Crippen LogP contribution is 2.10. The molecule has 0 heterocycles. The van der Waals surface area contributed by atoms with Crippen LogP contribution in [0.1, 0.15) is 43.1 Å². The Morgan fingerprint density at radius 3 is 2.25 bits per heavy atom. The van der Waals surface area contributed by atoms with Gasteiger partial charge in [0.1, 0.15) is 6.10 Å². The molecule has 0 bridgehead atoms. The number of aryl methyl sites for hydroxylation is 1. The number of hydrogen-bond acceptors (Lipinski definition) is 3. The number of carbonyl (C=O) groups excluding carboxylic acids is 1. The molecule has 0 saturated heterocycles. The zero-order valence-corrected chi connectivity index (χ0v) is 9.95. The van der Waals surface area contributed by atoms with E-state index < -0.39 is 5.97 Å². The van der Waals surface area contributed by atoms with Crippen LogP contribution in [0.2, 0.25) is 0 Å². The summed E-state index contributed by atoms with van der Waals surface area (Å²) in [6, 6.07) is 7.30. The zero-order chi connectivity index (χ0) is 12.0. The number of carbonyl (C=O) groups is 1. The van der Waals surface area contributed by atoms with E-state index in [0.29, 0.717) is 11.7 Å². The summed E-state index contributed by atoms with van der Waals surface area (Å²) in [5.74, 6) is -0.463. The van der Waals surface area contributed by atoms with Crippen molar-refractivity contribution < 1.29 is 14.6 Å². The van der Waals surface area contributed by atoms with Gasteiger partial charge in [-0.15, -0.1) is 0 Å². The van der Waals surface area contributed by atoms with Crippen LogP contribution in [0, 0.1) is 6.10 Å². The molecular formula is C13H17O3. The largest absolute Gasteiger partial charge is 0.373 e. The first-order valence-corrected chi connectivity index (χ1v) is 5.47. The van der Waals surface area contributed by atoms with Gasteiger partial charge in [-0.3, -0.25) is 4.89 Å². The summed E-state index contributed by atoms with van der Waals surface area (Å²) in [5, 5.41) is 0. The lowest BCUT2D eigenvalue weighted by atomic mass is 10.1. The van der Waals surface area contributed by atoms with E-state index in [-0.39, 0.29) is 0 Å². The summed E-state index contributed by atoms with van der Waals surface area (Å²) in [6.45, 7) is 5.77. The molecule has 0 amide bonds. The first-order chi connectivity index (χ1) is 7.67. The minimum Gasteiger partial charge on any atom is -0.292 e. The molecule has 0 aromatic heterocycles. The summed E-state index contributed by atoms with van der Waals surface area (Å²) in [4.78, 5) is 21.0. The van der Waals surface area contributed by atoms with Crippen LogP contribution in [0.25, 0.3) is 0 Å². The van der Waals surface area contributed by atoms with Gasteiger partial charge in [0, 0.05) is 0 Å². The third-order valence-electron chi connectivity index (χ3n) is 2.36. The van der Waals surface area contributed by atoms with Crippen LogP contribution >= 0.6 is 0 Å². The maximum Gasteiger partial charge on any atom is 0.373 e. The molecular weight excluding hydrogens is 204 g/mol.